The maximum absolute atomic E-state index is 12.4. The molecule has 1 atom stereocenters. The lowest BCUT2D eigenvalue weighted by Gasteiger charge is -2.17. The number of esters is 1. The van der Waals surface area contributed by atoms with Crippen LogP contribution in [0.1, 0.15) is 23.1 Å². The molecule has 7 heteroatoms. The number of halogens is 1. The summed E-state index contributed by atoms with van der Waals surface area (Å²) in [6.45, 7) is 5.69. The third kappa shape index (κ3) is 5.03. The number of anilines is 2. The maximum Gasteiger partial charge on any atom is 0.311 e. The monoisotopic (exact) mass is 458 g/mol. The van der Waals surface area contributed by atoms with Crippen LogP contribution in [0.3, 0.4) is 0 Å². The number of hydrogen-bond donors (Lipinski definition) is 1. The quantitative estimate of drug-likeness (QED) is 0.689. The lowest BCUT2D eigenvalue weighted by Crippen LogP contribution is -2.28. The molecule has 1 N–H and O–H groups in total. The smallest absolute Gasteiger partial charge is 0.311 e. The first-order valence-corrected chi connectivity index (χ1v) is 10.1. The topological polar surface area (TPSA) is 75.7 Å². The van der Waals surface area contributed by atoms with Gasteiger partial charge in [0.05, 0.1) is 5.92 Å². The highest BCUT2D eigenvalue weighted by Gasteiger charge is 2.36. The fourth-order valence-electron chi connectivity index (χ4n) is 3.38. The molecule has 0 unspecified atom stereocenters. The van der Waals surface area contributed by atoms with Crippen molar-refractivity contribution in [2.75, 3.05) is 23.4 Å². The molecule has 1 aliphatic heterocycles. The zero-order valence-corrected chi connectivity index (χ0v) is 18.2. The average molecular weight is 459 g/mol. The minimum atomic E-state index is -0.576. The minimum Gasteiger partial charge on any atom is -0.455 e. The number of benzene rings is 2. The Morgan fingerprint density at radius 2 is 1.86 bits per heavy atom. The van der Waals surface area contributed by atoms with Crippen molar-refractivity contribution in [3.63, 3.8) is 0 Å². The summed E-state index contributed by atoms with van der Waals surface area (Å²) in [6, 6.07) is 11.2. The number of ether oxygens (including phenoxy) is 1. The second-order valence-corrected chi connectivity index (χ2v) is 8.12. The summed E-state index contributed by atoms with van der Waals surface area (Å²) < 4.78 is 6.15. The molecular formula is C22H23BrN2O4. The zero-order chi connectivity index (χ0) is 21.1. The van der Waals surface area contributed by atoms with Crippen LogP contribution in [0.5, 0.6) is 0 Å². The van der Waals surface area contributed by atoms with E-state index in [2.05, 4.69) is 21.2 Å². The van der Waals surface area contributed by atoms with Crippen molar-refractivity contribution < 1.29 is 19.1 Å². The number of carbonyl (C=O) groups is 3. The summed E-state index contributed by atoms with van der Waals surface area (Å²) in [6.07, 6.45) is 0.0828. The van der Waals surface area contributed by atoms with E-state index in [-0.39, 0.29) is 25.5 Å². The van der Waals surface area contributed by atoms with Crippen LogP contribution in [-0.4, -0.2) is 30.9 Å². The Labute approximate surface area is 178 Å². The van der Waals surface area contributed by atoms with Gasteiger partial charge in [-0.25, -0.2) is 0 Å². The Balaban J connectivity index is 1.54. The van der Waals surface area contributed by atoms with E-state index >= 15 is 0 Å². The Morgan fingerprint density at radius 1 is 1.17 bits per heavy atom. The Hall–Kier alpha value is -2.67. The second kappa shape index (κ2) is 8.78. The van der Waals surface area contributed by atoms with Gasteiger partial charge in [0.15, 0.2) is 6.61 Å². The predicted octanol–water partition coefficient (Wildman–Crippen LogP) is 3.91. The van der Waals surface area contributed by atoms with Crippen LogP contribution in [-0.2, 0) is 19.1 Å². The molecule has 3 rings (SSSR count). The van der Waals surface area contributed by atoms with E-state index < -0.39 is 17.8 Å². The van der Waals surface area contributed by atoms with E-state index in [0.717, 1.165) is 26.9 Å². The van der Waals surface area contributed by atoms with E-state index in [1.807, 2.05) is 57.2 Å². The van der Waals surface area contributed by atoms with Gasteiger partial charge in [0.2, 0.25) is 5.91 Å². The van der Waals surface area contributed by atoms with Gasteiger partial charge in [0, 0.05) is 28.8 Å². The molecule has 29 heavy (non-hydrogen) atoms. The Kier molecular flexibility index (Phi) is 6.37. The minimum absolute atomic E-state index is 0.0828. The average Bonchev–Trinajstić information content (AvgIpc) is 3.06. The first kappa shape index (κ1) is 21.0. The van der Waals surface area contributed by atoms with Crippen molar-refractivity contribution in [2.45, 2.75) is 27.2 Å². The Bertz CT molecular complexity index is 950. The molecule has 152 valence electrons. The van der Waals surface area contributed by atoms with Crippen LogP contribution in [0.4, 0.5) is 11.4 Å². The molecule has 0 bridgehead atoms. The van der Waals surface area contributed by atoms with Gasteiger partial charge >= 0.3 is 5.97 Å². The standard InChI is InChI=1S/C22H23BrN2O4/c1-13-5-4-6-18(7-13)25-11-16(10-20(25)27)22(28)29-12-19(26)24-17-8-14(2)21(23)15(3)9-17/h4-9,16H,10-12H2,1-3H3,(H,24,26)/t16-/m0/s1. The highest BCUT2D eigenvalue weighted by Crippen LogP contribution is 2.27. The lowest BCUT2D eigenvalue weighted by molar-refractivity contribution is -0.151. The number of amides is 2. The summed E-state index contributed by atoms with van der Waals surface area (Å²) in [5.41, 5.74) is 4.45. The Morgan fingerprint density at radius 3 is 2.52 bits per heavy atom. The number of rotatable bonds is 5. The number of carbonyl (C=O) groups excluding carboxylic acids is 3. The molecule has 2 aromatic carbocycles. The van der Waals surface area contributed by atoms with Crippen molar-refractivity contribution >= 4 is 45.1 Å². The van der Waals surface area contributed by atoms with Gasteiger partial charge in [-0.3, -0.25) is 14.4 Å². The molecule has 2 amide bonds. The van der Waals surface area contributed by atoms with Gasteiger partial charge in [-0.15, -0.1) is 0 Å². The van der Waals surface area contributed by atoms with Gasteiger partial charge in [0.1, 0.15) is 0 Å². The summed E-state index contributed by atoms with van der Waals surface area (Å²) in [5, 5.41) is 2.73. The number of hydrogen-bond acceptors (Lipinski definition) is 4. The normalized spacial score (nSPS) is 16.1. The molecule has 1 fully saturated rings. The third-order valence-electron chi connectivity index (χ3n) is 4.84. The molecule has 6 nitrogen and oxygen atoms in total. The van der Waals surface area contributed by atoms with Crippen molar-refractivity contribution in [3.8, 4) is 0 Å². The molecule has 0 saturated carbocycles. The first-order chi connectivity index (χ1) is 13.7. The molecule has 1 heterocycles. The van der Waals surface area contributed by atoms with Crippen LogP contribution >= 0.6 is 15.9 Å². The third-order valence-corrected chi connectivity index (χ3v) is 6.09. The molecule has 0 aromatic heterocycles. The molecular weight excluding hydrogens is 436 g/mol. The van der Waals surface area contributed by atoms with E-state index in [9.17, 15) is 14.4 Å². The lowest BCUT2D eigenvalue weighted by atomic mass is 10.1. The summed E-state index contributed by atoms with van der Waals surface area (Å²) in [7, 11) is 0. The first-order valence-electron chi connectivity index (χ1n) is 9.35. The van der Waals surface area contributed by atoms with E-state index in [1.165, 1.54) is 0 Å². The van der Waals surface area contributed by atoms with Gasteiger partial charge in [-0.1, -0.05) is 28.1 Å². The molecule has 1 saturated heterocycles. The van der Waals surface area contributed by atoms with Gasteiger partial charge < -0.3 is 15.0 Å². The number of nitrogens with one attached hydrogen (secondary N) is 1. The highest BCUT2D eigenvalue weighted by atomic mass is 79.9. The summed E-state index contributed by atoms with van der Waals surface area (Å²) in [4.78, 5) is 38.4. The zero-order valence-electron chi connectivity index (χ0n) is 16.6. The van der Waals surface area contributed by atoms with Crippen LogP contribution in [0.2, 0.25) is 0 Å². The molecule has 2 aromatic rings. The van der Waals surface area contributed by atoms with Crippen molar-refractivity contribution in [2.24, 2.45) is 5.92 Å². The van der Waals surface area contributed by atoms with Gasteiger partial charge in [-0.05, 0) is 61.7 Å². The largest absolute Gasteiger partial charge is 0.455 e. The fraction of sp³-hybridized carbons (Fsp3) is 0.318. The molecule has 1 aliphatic rings. The number of aryl methyl sites for hydroxylation is 3. The van der Waals surface area contributed by atoms with Crippen LogP contribution in [0, 0.1) is 26.7 Å². The molecule has 0 aliphatic carbocycles. The van der Waals surface area contributed by atoms with Crippen LogP contribution in [0.15, 0.2) is 40.9 Å². The maximum atomic E-state index is 12.4. The summed E-state index contributed by atoms with van der Waals surface area (Å²) in [5.74, 6) is -1.65. The van der Waals surface area contributed by atoms with Crippen molar-refractivity contribution in [1.82, 2.24) is 0 Å². The molecule has 0 radical (unpaired) electrons. The summed E-state index contributed by atoms with van der Waals surface area (Å²) >= 11 is 3.48. The van der Waals surface area contributed by atoms with Gasteiger partial charge in [-0.2, -0.15) is 0 Å². The fourth-order valence-corrected chi connectivity index (χ4v) is 3.61. The van der Waals surface area contributed by atoms with Crippen LogP contribution < -0.4 is 10.2 Å². The second-order valence-electron chi connectivity index (χ2n) is 7.32. The predicted molar refractivity (Wildman–Crippen MR) is 115 cm³/mol. The highest BCUT2D eigenvalue weighted by molar-refractivity contribution is 9.10. The van der Waals surface area contributed by atoms with E-state index in [1.54, 1.807) is 4.90 Å². The van der Waals surface area contributed by atoms with Crippen molar-refractivity contribution in [1.29, 1.82) is 0 Å². The van der Waals surface area contributed by atoms with Gasteiger partial charge in [0.25, 0.3) is 5.91 Å². The van der Waals surface area contributed by atoms with Crippen molar-refractivity contribution in [3.05, 3.63) is 57.6 Å². The van der Waals surface area contributed by atoms with E-state index in [0.29, 0.717) is 5.69 Å². The SMILES string of the molecule is Cc1cccc(N2C[C@@H](C(=O)OCC(=O)Nc3cc(C)c(Br)c(C)c3)CC2=O)c1. The molecule has 0 spiro atoms. The van der Waals surface area contributed by atoms with Crippen LogP contribution in [0.25, 0.3) is 0 Å². The van der Waals surface area contributed by atoms with E-state index in [4.69, 9.17) is 4.74 Å². The number of nitrogens with zero attached hydrogens (tertiary/aromatic N) is 1.